The van der Waals surface area contributed by atoms with Gasteiger partial charge in [-0.3, -0.25) is 10.1 Å². The second-order valence-corrected chi connectivity index (χ2v) is 8.52. The van der Waals surface area contributed by atoms with Crippen molar-refractivity contribution in [1.82, 2.24) is 5.20 Å². The van der Waals surface area contributed by atoms with Gasteiger partial charge in [-0.1, -0.05) is 48.0 Å². The predicted octanol–water partition coefficient (Wildman–Crippen LogP) is 4.79. The van der Waals surface area contributed by atoms with Gasteiger partial charge in [-0.15, -0.1) is 0 Å². The number of hydrogen-bond acceptors (Lipinski definition) is 5. The maximum atomic E-state index is 12.3. The molecule has 144 valence electrons. The highest BCUT2D eigenvalue weighted by molar-refractivity contribution is 7.92. The minimum atomic E-state index is -3.71. The van der Waals surface area contributed by atoms with Crippen molar-refractivity contribution >= 4 is 41.2 Å². The highest BCUT2D eigenvalue weighted by atomic mass is 35.5. The summed E-state index contributed by atoms with van der Waals surface area (Å²) in [6, 6.07) is 21.2. The lowest BCUT2D eigenvalue weighted by Crippen LogP contribution is -2.16. The average Bonchev–Trinajstić information content (AvgIpc) is 2.68. The molecule has 0 spiro atoms. The van der Waals surface area contributed by atoms with Crippen LogP contribution in [-0.2, 0) is 14.6 Å². The molecule has 28 heavy (non-hydrogen) atoms. The van der Waals surface area contributed by atoms with Gasteiger partial charge in [0.25, 0.3) is 10.0 Å². The highest BCUT2D eigenvalue weighted by Gasteiger charge is 2.20. The fourth-order valence-electron chi connectivity index (χ4n) is 2.20. The minimum Gasteiger partial charge on any atom is -0.280 e. The molecule has 0 aliphatic rings. The Bertz CT molecular complexity index is 1070. The van der Waals surface area contributed by atoms with Crippen molar-refractivity contribution in [3.63, 3.8) is 0 Å². The van der Waals surface area contributed by atoms with Crippen molar-refractivity contribution < 1.29 is 17.5 Å². The largest absolute Gasteiger partial charge is 0.683 e. The zero-order valence-electron chi connectivity index (χ0n) is 14.4. The first-order chi connectivity index (χ1) is 13.4. The minimum absolute atomic E-state index is 0.144. The van der Waals surface area contributed by atoms with Crippen molar-refractivity contribution in [1.29, 1.82) is 0 Å². The highest BCUT2D eigenvalue weighted by Crippen LogP contribution is 2.28. The summed E-state index contributed by atoms with van der Waals surface area (Å²) in [6.45, 7) is 0. The molecule has 3 aromatic rings. The zero-order chi connectivity index (χ0) is 20.0. The van der Waals surface area contributed by atoms with Gasteiger partial charge in [0.15, 0.2) is 5.75 Å². The molecule has 0 aliphatic carbocycles. The van der Waals surface area contributed by atoms with Crippen molar-refractivity contribution in [3.05, 3.63) is 83.9 Å². The number of anilines is 2. The molecule has 0 amide bonds. The topological polar surface area (TPSA) is 96.5 Å². The molecule has 1 unspecified atom stereocenters. The van der Waals surface area contributed by atoms with Crippen molar-refractivity contribution in [3.8, 4) is 5.75 Å². The van der Waals surface area contributed by atoms with Gasteiger partial charge >= 0.3 is 8.18 Å². The maximum absolute atomic E-state index is 12.3. The van der Waals surface area contributed by atoms with E-state index in [2.05, 4.69) is 15.3 Å². The fraction of sp³-hybridized carbons (Fsp3) is 0. The molecule has 7 nitrogen and oxygen atoms in total. The molecule has 0 aromatic heterocycles. The molecule has 0 radical (unpaired) electrons. The number of halogens is 1. The van der Waals surface area contributed by atoms with Gasteiger partial charge in [0.05, 0.1) is 21.3 Å². The molecular formula is C18H16ClN3O4PS+. The van der Waals surface area contributed by atoms with Crippen molar-refractivity contribution in [2.45, 2.75) is 4.90 Å². The van der Waals surface area contributed by atoms with Crippen molar-refractivity contribution in [2.24, 2.45) is 0 Å². The summed E-state index contributed by atoms with van der Waals surface area (Å²) in [5.41, 5.74) is 3.39. The molecule has 0 bridgehead atoms. The smallest absolute Gasteiger partial charge is 0.280 e. The summed E-state index contributed by atoms with van der Waals surface area (Å²) in [5.74, 6) is 0.453. The van der Waals surface area contributed by atoms with E-state index < -0.39 is 18.2 Å². The van der Waals surface area contributed by atoms with Gasteiger partial charge in [0.2, 0.25) is 0 Å². The van der Waals surface area contributed by atoms with Crippen LogP contribution in [0.25, 0.3) is 0 Å². The predicted molar refractivity (Wildman–Crippen MR) is 110 cm³/mol. The second-order valence-electron chi connectivity index (χ2n) is 5.51. The van der Waals surface area contributed by atoms with Crippen LogP contribution < -0.4 is 19.9 Å². The average molecular weight is 437 g/mol. The Morgan fingerprint density at radius 1 is 0.893 bits per heavy atom. The normalized spacial score (nSPS) is 11.5. The van der Waals surface area contributed by atoms with Crippen LogP contribution in [0.2, 0.25) is 5.02 Å². The third kappa shape index (κ3) is 5.43. The van der Waals surface area contributed by atoms with Crippen LogP contribution in [0, 0.1) is 0 Å². The van der Waals surface area contributed by atoms with E-state index in [1.54, 1.807) is 48.5 Å². The van der Waals surface area contributed by atoms with Crippen LogP contribution in [0.1, 0.15) is 0 Å². The van der Waals surface area contributed by atoms with E-state index >= 15 is 0 Å². The number of hydrogen-bond donors (Lipinski definition) is 3. The molecule has 10 heteroatoms. The van der Waals surface area contributed by atoms with Crippen LogP contribution in [0.15, 0.2) is 83.8 Å². The Morgan fingerprint density at radius 2 is 1.54 bits per heavy atom. The third-order valence-electron chi connectivity index (χ3n) is 3.49. The van der Waals surface area contributed by atoms with Gasteiger partial charge < -0.3 is 0 Å². The van der Waals surface area contributed by atoms with Gasteiger partial charge in [0, 0.05) is 9.76 Å². The standard InChI is InChI=1S/C18H16ClN3O4PS/c19-17-13-14(21-28(24,25)16-9-5-2-6-10-16)11-12-18(17)20-22-27(23)26-15-7-3-1-4-8-15/h1-13,20-21H,(H,22,23)/q+1. The molecule has 0 saturated heterocycles. The summed E-state index contributed by atoms with van der Waals surface area (Å²) in [6.07, 6.45) is 0. The Hall–Kier alpha value is -2.64. The third-order valence-corrected chi connectivity index (χ3v) is 5.87. The first-order valence-electron chi connectivity index (χ1n) is 8.03. The Balaban J connectivity index is 1.62. The van der Waals surface area contributed by atoms with Crippen molar-refractivity contribution in [2.75, 3.05) is 10.1 Å². The van der Waals surface area contributed by atoms with Gasteiger partial charge in [-0.05, 0) is 42.5 Å². The molecule has 0 heterocycles. The number of sulfonamides is 1. The monoisotopic (exact) mass is 436 g/mol. The van der Waals surface area contributed by atoms with E-state index in [9.17, 15) is 13.0 Å². The summed E-state index contributed by atoms with van der Waals surface area (Å²) in [7, 11) is -5.95. The van der Waals surface area contributed by atoms with E-state index in [0.717, 1.165) is 0 Å². The number of para-hydroxylation sites is 1. The van der Waals surface area contributed by atoms with Crippen LogP contribution in [0.4, 0.5) is 11.4 Å². The van der Waals surface area contributed by atoms with E-state index in [0.29, 0.717) is 17.1 Å². The summed E-state index contributed by atoms with van der Waals surface area (Å²) >= 11 is 6.17. The zero-order valence-corrected chi connectivity index (χ0v) is 16.8. The first kappa shape index (κ1) is 20.1. The number of benzene rings is 3. The molecule has 0 saturated carbocycles. The molecule has 0 fully saturated rings. The van der Waals surface area contributed by atoms with Crippen LogP contribution in [0.3, 0.4) is 0 Å². The first-order valence-corrected chi connectivity index (χ1v) is 11.1. The van der Waals surface area contributed by atoms with Crippen LogP contribution in [-0.4, -0.2) is 8.42 Å². The van der Waals surface area contributed by atoms with Gasteiger partial charge in [-0.25, -0.2) is 12.9 Å². The van der Waals surface area contributed by atoms with E-state index in [1.807, 2.05) is 6.07 Å². The summed E-state index contributed by atoms with van der Waals surface area (Å²) < 4.78 is 44.3. The fourth-order valence-corrected chi connectivity index (χ4v) is 4.07. The number of hydrazine groups is 1. The molecule has 3 aromatic carbocycles. The van der Waals surface area contributed by atoms with Gasteiger partial charge in [0.1, 0.15) is 0 Å². The Kier molecular flexibility index (Phi) is 6.49. The maximum Gasteiger partial charge on any atom is 0.683 e. The lowest BCUT2D eigenvalue weighted by molar-refractivity contribution is 0.496. The molecule has 1 atom stereocenters. The van der Waals surface area contributed by atoms with Gasteiger partial charge in [-0.2, -0.15) is 0 Å². The number of rotatable bonds is 8. The summed E-state index contributed by atoms with van der Waals surface area (Å²) in [5, 5.41) is 2.72. The Labute approximate surface area is 168 Å². The lowest BCUT2D eigenvalue weighted by Gasteiger charge is -2.10. The Morgan fingerprint density at radius 3 is 2.18 bits per heavy atom. The molecule has 3 N–H and O–H groups in total. The van der Waals surface area contributed by atoms with Crippen LogP contribution >= 0.6 is 19.8 Å². The lowest BCUT2D eigenvalue weighted by atomic mass is 10.3. The van der Waals surface area contributed by atoms with Crippen LogP contribution in [0.5, 0.6) is 5.75 Å². The second kappa shape index (κ2) is 9.03. The molecular weight excluding hydrogens is 421 g/mol. The molecule has 0 aliphatic heterocycles. The van der Waals surface area contributed by atoms with E-state index in [1.165, 1.54) is 24.3 Å². The summed E-state index contributed by atoms with van der Waals surface area (Å²) in [4.78, 5) is 0.144. The van der Waals surface area contributed by atoms with E-state index in [-0.39, 0.29) is 9.92 Å². The number of nitrogens with one attached hydrogen (secondary N) is 3. The quantitative estimate of drug-likeness (QED) is 0.347. The SMILES string of the molecule is O=[P+](NNc1ccc(NS(=O)(=O)c2ccccc2)cc1Cl)Oc1ccccc1. The van der Waals surface area contributed by atoms with E-state index in [4.69, 9.17) is 16.1 Å². The molecule has 3 rings (SSSR count).